The first-order valence-corrected chi connectivity index (χ1v) is 5.90. The van der Waals surface area contributed by atoms with Gasteiger partial charge in [0, 0.05) is 30.7 Å². The molecule has 1 fully saturated rings. The number of hydrogen-bond donors (Lipinski definition) is 3. The lowest BCUT2D eigenvalue weighted by Gasteiger charge is -2.11. The van der Waals surface area contributed by atoms with Crippen LogP contribution in [0.15, 0.2) is 28.7 Å². The Morgan fingerprint density at radius 1 is 1.19 bits per heavy atom. The van der Waals surface area contributed by atoms with E-state index in [9.17, 15) is 4.79 Å². The molecule has 0 aromatic heterocycles. The molecule has 0 aliphatic carbocycles. The third-order valence-corrected chi connectivity index (χ3v) is 2.52. The maximum Gasteiger partial charge on any atom is 0.335 e. The van der Waals surface area contributed by atoms with Gasteiger partial charge in [0.2, 0.25) is 0 Å². The second-order valence-electron chi connectivity index (χ2n) is 3.32. The van der Waals surface area contributed by atoms with Gasteiger partial charge in [-0.2, -0.15) is 0 Å². The van der Waals surface area contributed by atoms with Crippen molar-refractivity contribution in [3.8, 4) is 0 Å². The minimum absolute atomic E-state index is 0.300. The average Bonchev–Trinajstić information content (AvgIpc) is 2.32. The minimum Gasteiger partial charge on any atom is -0.478 e. The average molecular weight is 287 g/mol. The summed E-state index contributed by atoms with van der Waals surface area (Å²) in [4.78, 5) is 10.3. The predicted octanol–water partition coefficient (Wildman–Crippen LogP) is 1.33. The summed E-state index contributed by atoms with van der Waals surface area (Å²) in [6.07, 6.45) is 0. The smallest absolute Gasteiger partial charge is 0.335 e. The number of carboxylic acid groups (broad SMARTS) is 1. The molecule has 0 spiro atoms. The summed E-state index contributed by atoms with van der Waals surface area (Å²) < 4.78 is 0.785. The lowest BCUT2D eigenvalue weighted by molar-refractivity contribution is 0.0697. The van der Waals surface area contributed by atoms with Crippen molar-refractivity contribution in [3.05, 3.63) is 34.3 Å². The molecule has 1 aromatic rings. The van der Waals surface area contributed by atoms with E-state index in [1.54, 1.807) is 24.3 Å². The van der Waals surface area contributed by atoms with Gasteiger partial charge in [-0.1, -0.05) is 22.0 Å². The van der Waals surface area contributed by atoms with E-state index in [0.29, 0.717) is 5.56 Å². The molecule has 0 bridgehead atoms. The zero-order chi connectivity index (χ0) is 11.8. The Hall–Kier alpha value is -0.910. The fourth-order valence-electron chi connectivity index (χ4n) is 1.23. The van der Waals surface area contributed by atoms with Crippen LogP contribution in [0.5, 0.6) is 0 Å². The number of carbonyl (C=O) groups is 1. The van der Waals surface area contributed by atoms with E-state index in [2.05, 4.69) is 26.6 Å². The van der Waals surface area contributed by atoms with Crippen LogP contribution >= 0.6 is 15.9 Å². The van der Waals surface area contributed by atoms with Gasteiger partial charge in [0.25, 0.3) is 0 Å². The molecule has 1 aliphatic heterocycles. The van der Waals surface area contributed by atoms with Gasteiger partial charge in [-0.3, -0.25) is 0 Å². The van der Waals surface area contributed by atoms with Gasteiger partial charge < -0.3 is 15.7 Å². The van der Waals surface area contributed by atoms with Gasteiger partial charge >= 0.3 is 5.97 Å². The first kappa shape index (κ1) is 13.2. The van der Waals surface area contributed by atoms with Gasteiger partial charge in [-0.25, -0.2) is 4.79 Å². The number of benzene rings is 1. The van der Waals surface area contributed by atoms with Crippen LogP contribution in [0.4, 0.5) is 0 Å². The first-order valence-electron chi connectivity index (χ1n) is 5.10. The summed E-state index contributed by atoms with van der Waals surface area (Å²) in [5, 5.41) is 14.9. The zero-order valence-electron chi connectivity index (χ0n) is 8.87. The maximum atomic E-state index is 10.3. The molecule has 3 N–H and O–H groups in total. The summed E-state index contributed by atoms with van der Waals surface area (Å²) >= 11 is 3.17. The summed E-state index contributed by atoms with van der Waals surface area (Å²) in [5.74, 6) is -0.902. The van der Waals surface area contributed by atoms with Crippen LogP contribution in [0.3, 0.4) is 0 Å². The molecule has 0 amide bonds. The van der Waals surface area contributed by atoms with Gasteiger partial charge in [-0.05, 0) is 18.2 Å². The highest BCUT2D eigenvalue weighted by Gasteiger charge is 2.00. The standard InChI is InChI=1S/C7H5BrO2.C4H10N2/c8-6-3-1-2-5(4-6)7(9)10;1-2-6-4-3-5-1/h1-4H,(H,9,10);5-6H,1-4H2. The number of piperazine rings is 1. The Morgan fingerprint density at radius 3 is 2.06 bits per heavy atom. The molecule has 1 aromatic carbocycles. The van der Waals surface area contributed by atoms with Crippen molar-refractivity contribution in [2.75, 3.05) is 26.2 Å². The topological polar surface area (TPSA) is 61.4 Å². The second-order valence-corrected chi connectivity index (χ2v) is 4.23. The SMILES string of the molecule is C1CNCCN1.O=C(O)c1cccc(Br)c1. The van der Waals surface area contributed by atoms with Crippen molar-refractivity contribution < 1.29 is 9.90 Å². The highest BCUT2D eigenvalue weighted by Crippen LogP contribution is 2.10. The van der Waals surface area contributed by atoms with Crippen molar-refractivity contribution in [3.63, 3.8) is 0 Å². The number of carboxylic acids is 1. The molecule has 88 valence electrons. The second kappa shape index (κ2) is 7.38. The largest absolute Gasteiger partial charge is 0.478 e. The van der Waals surface area contributed by atoms with Crippen molar-refractivity contribution in [2.45, 2.75) is 0 Å². The Bertz CT molecular complexity index is 329. The molecule has 0 atom stereocenters. The fourth-order valence-corrected chi connectivity index (χ4v) is 1.62. The molecule has 1 heterocycles. The Morgan fingerprint density at radius 2 is 1.75 bits per heavy atom. The van der Waals surface area contributed by atoms with Crippen LogP contribution < -0.4 is 10.6 Å². The van der Waals surface area contributed by atoms with Crippen LogP contribution in [0.25, 0.3) is 0 Å². The molecular weight excluding hydrogens is 272 g/mol. The number of rotatable bonds is 1. The minimum atomic E-state index is -0.902. The van der Waals surface area contributed by atoms with Crippen LogP contribution in [0.1, 0.15) is 10.4 Å². The van der Waals surface area contributed by atoms with Crippen LogP contribution in [-0.4, -0.2) is 37.3 Å². The normalized spacial score (nSPS) is 14.8. The molecule has 0 saturated carbocycles. The molecule has 0 unspecified atom stereocenters. The quantitative estimate of drug-likeness (QED) is 0.729. The van der Waals surface area contributed by atoms with Crippen molar-refractivity contribution in [2.24, 2.45) is 0 Å². The number of aromatic carboxylic acids is 1. The number of hydrogen-bond acceptors (Lipinski definition) is 3. The molecule has 1 saturated heterocycles. The van der Waals surface area contributed by atoms with Gasteiger partial charge in [-0.15, -0.1) is 0 Å². The lowest BCUT2D eigenvalue weighted by atomic mass is 10.2. The monoisotopic (exact) mass is 286 g/mol. The molecule has 16 heavy (non-hydrogen) atoms. The van der Waals surface area contributed by atoms with E-state index in [1.165, 1.54) is 0 Å². The zero-order valence-corrected chi connectivity index (χ0v) is 10.5. The molecule has 5 heteroatoms. The van der Waals surface area contributed by atoms with Gasteiger partial charge in [0.05, 0.1) is 5.56 Å². The Labute approximate surface area is 103 Å². The molecular formula is C11H15BrN2O2. The highest BCUT2D eigenvalue weighted by molar-refractivity contribution is 9.10. The summed E-state index contributed by atoms with van der Waals surface area (Å²) in [7, 11) is 0. The van der Waals surface area contributed by atoms with E-state index >= 15 is 0 Å². The van der Waals surface area contributed by atoms with Gasteiger partial charge in [0.15, 0.2) is 0 Å². The lowest BCUT2D eigenvalue weighted by Crippen LogP contribution is -2.39. The van der Waals surface area contributed by atoms with E-state index < -0.39 is 5.97 Å². The third kappa shape index (κ3) is 5.25. The molecule has 0 radical (unpaired) electrons. The van der Waals surface area contributed by atoms with Crippen LogP contribution in [0, 0.1) is 0 Å². The van der Waals surface area contributed by atoms with E-state index in [-0.39, 0.29) is 0 Å². The Balaban J connectivity index is 0.000000181. The predicted molar refractivity (Wildman–Crippen MR) is 66.8 cm³/mol. The Kier molecular flexibility index (Phi) is 6.07. The summed E-state index contributed by atoms with van der Waals surface area (Å²) in [5.41, 5.74) is 0.300. The van der Waals surface area contributed by atoms with Crippen molar-refractivity contribution >= 4 is 21.9 Å². The highest BCUT2D eigenvalue weighted by atomic mass is 79.9. The van der Waals surface area contributed by atoms with E-state index in [0.717, 1.165) is 30.7 Å². The number of halogens is 1. The third-order valence-electron chi connectivity index (χ3n) is 2.03. The van der Waals surface area contributed by atoms with E-state index in [4.69, 9.17) is 5.11 Å². The van der Waals surface area contributed by atoms with Crippen LogP contribution in [0.2, 0.25) is 0 Å². The molecule has 4 nitrogen and oxygen atoms in total. The van der Waals surface area contributed by atoms with Crippen molar-refractivity contribution in [1.29, 1.82) is 0 Å². The fraction of sp³-hybridized carbons (Fsp3) is 0.364. The van der Waals surface area contributed by atoms with Crippen molar-refractivity contribution in [1.82, 2.24) is 10.6 Å². The summed E-state index contributed by atoms with van der Waals surface area (Å²) in [6.45, 7) is 4.56. The van der Waals surface area contributed by atoms with Crippen LogP contribution in [-0.2, 0) is 0 Å². The maximum absolute atomic E-state index is 10.3. The summed E-state index contributed by atoms with van der Waals surface area (Å²) in [6, 6.07) is 6.58. The molecule has 1 aliphatic rings. The van der Waals surface area contributed by atoms with E-state index in [1.807, 2.05) is 0 Å². The number of nitrogens with one attached hydrogen (secondary N) is 2. The first-order chi connectivity index (χ1) is 7.70. The van der Waals surface area contributed by atoms with Gasteiger partial charge in [0.1, 0.15) is 0 Å². The molecule has 2 rings (SSSR count).